The molecule has 26 heavy (non-hydrogen) atoms. The van der Waals surface area contributed by atoms with Crippen LogP contribution in [-0.2, 0) is 14.8 Å². The summed E-state index contributed by atoms with van der Waals surface area (Å²) in [7, 11) is -3.54. The molecule has 0 bridgehead atoms. The second-order valence-corrected chi connectivity index (χ2v) is 9.93. The van der Waals surface area contributed by atoms with Gasteiger partial charge in [0, 0.05) is 6.54 Å². The Morgan fingerprint density at radius 1 is 1.31 bits per heavy atom. The van der Waals surface area contributed by atoms with Crippen LogP contribution < -0.4 is 15.5 Å². The molecule has 1 fully saturated rings. The van der Waals surface area contributed by atoms with Crippen LogP contribution >= 0.6 is 22.9 Å². The van der Waals surface area contributed by atoms with Gasteiger partial charge in [0.15, 0.2) is 6.54 Å². The molecule has 0 spiro atoms. The van der Waals surface area contributed by atoms with Crippen molar-refractivity contribution in [2.75, 3.05) is 39.3 Å². The molecule has 0 unspecified atom stereocenters. The number of urea groups is 1. The minimum Gasteiger partial charge on any atom is -0.338 e. The Morgan fingerprint density at radius 2 is 2.00 bits per heavy atom. The topological polar surface area (TPSA) is 100 Å². The Labute approximate surface area is 162 Å². The maximum absolute atomic E-state index is 12.5. The Kier molecular flexibility index (Phi) is 7.84. The van der Waals surface area contributed by atoms with E-state index in [-0.39, 0.29) is 16.7 Å². The molecule has 8 nitrogen and oxygen atoms in total. The van der Waals surface area contributed by atoms with E-state index in [0.717, 1.165) is 29.1 Å². The molecule has 3 amide bonds. The predicted molar refractivity (Wildman–Crippen MR) is 100 cm³/mol. The molecule has 1 aliphatic heterocycles. The number of hydrogen-bond donors (Lipinski definition) is 3. The third-order valence-corrected chi connectivity index (χ3v) is 7.65. The molecule has 1 aromatic heterocycles. The lowest BCUT2D eigenvalue weighted by Crippen LogP contribution is -3.15. The highest BCUT2D eigenvalue weighted by atomic mass is 35.5. The van der Waals surface area contributed by atoms with Gasteiger partial charge in [0.2, 0.25) is 0 Å². The first-order valence-corrected chi connectivity index (χ1v) is 11.1. The SMILES string of the molecule is CCCCNC(=O)NC(=O)C[NH+]1CCN(S(=O)(=O)c2ccc(Cl)s2)CC1. The molecule has 0 saturated carbocycles. The normalized spacial score (nSPS) is 16.4. The Bertz CT molecular complexity index is 730. The fourth-order valence-corrected chi connectivity index (χ4v) is 5.68. The number of carbonyl (C=O) groups is 2. The van der Waals surface area contributed by atoms with Crippen LogP contribution in [0, 0.1) is 0 Å². The average Bonchev–Trinajstić information content (AvgIpc) is 3.03. The number of carbonyl (C=O) groups excluding carboxylic acids is 2. The van der Waals surface area contributed by atoms with Gasteiger partial charge in [-0.2, -0.15) is 4.31 Å². The van der Waals surface area contributed by atoms with Crippen molar-refractivity contribution < 1.29 is 22.9 Å². The van der Waals surface area contributed by atoms with Gasteiger partial charge in [0.1, 0.15) is 4.21 Å². The quantitative estimate of drug-likeness (QED) is 0.534. The summed E-state index contributed by atoms with van der Waals surface area (Å²) in [4.78, 5) is 24.4. The van der Waals surface area contributed by atoms with Gasteiger partial charge < -0.3 is 10.2 Å². The molecule has 1 aliphatic rings. The summed E-state index contributed by atoms with van der Waals surface area (Å²) in [5.74, 6) is -0.365. The number of rotatable bonds is 7. The van der Waals surface area contributed by atoms with Crippen molar-refractivity contribution in [1.82, 2.24) is 14.9 Å². The molecule has 2 rings (SSSR count). The highest BCUT2D eigenvalue weighted by molar-refractivity contribution is 7.91. The van der Waals surface area contributed by atoms with Crippen LogP contribution in [0.5, 0.6) is 0 Å². The van der Waals surface area contributed by atoms with E-state index in [9.17, 15) is 18.0 Å². The fraction of sp³-hybridized carbons (Fsp3) is 0.600. The highest BCUT2D eigenvalue weighted by Crippen LogP contribution is 2.27. The van der Waals surface area contributed by atoms with Crippen molar-refractivity contribution in [3.63, 3.8) is 0 Å². The van der Waals surface area contributed by atoms with E-state index < -0.39 is 16.1 Å². The average molecular weight is 424 g/mol. The molecule has 1 saturated heterocycles. The number of sulfonamides is 1. The maximum Gasteiger partial charge on any atom is 0.321 e. The largest absolute Gasteiger partial charge is 0.338 e. The lowest BCUT2D eigenvalue weighted by molar-refractivity contribution is -0.895. The van der Waals surface area contributed by atoms with E-state index >= 15 is 0 Å². The zero-order valence-corrected chi connectivity index (χ0v) is 17.0. The number of halogens is 1. The van der Waals surface area contributed by atoms with Gasteiger partial charge in [0.25, 0.3) is 15.9 Å². The van der Waals surface area contributed by atoms with Gasteiger partial charge in [-0.25, -0.2) is 13.2 Å². The number of nitrogens with one attached hydrogen (secondary N) is 3. The van der Waals surface area contributed by atoms with Crippen molar-refractivity contribution in [2.24, 2.45) is 0 Å². The first-order valence-electron chi connectivity index (χ1n) is 8.49. The molecule has 146 valence electrons. The predicted octanol–water partition coefficient (Wildman–Crippen LogP) is -0.0834. The molecule has 2 heterocycles. The van der Waals surface area contributed by atoms with Gasteiger partial charge >= 0.3 is 6.03 Å². The van der Waals surface area contributed by atoms with E-state index in [1.807, 2.05) is 6.92 Å². The zero-order valence-electron chi connectivity index (χ0n) is 14.6. The van der Waals surface area contributed by atoms with Gasteiger partial charge in [-0.15, -0.1) is 11.3 Å². The third kappa shape index (κ3) is 5.92. The van der Waals surface area contributed by atoms with Crippen molar-refractivity contribution >= 4 is 44.9 Å². The summed E-state index contributed by atoms with van der Waals surface area (Å²) in [6.45, 7) is 4.34. The molecule has 0 radical (unpaired) electrons. The number of piperazine rings is 1. The molecular formula is C15H24ClN4O4S2+. The van der Waals surface area contributed by atoms with Crippen LogP contribution in [0.4, 0.5) is 4.79 Å². The van der Waals surface area contributed by atoms with Crippen molar-refractivity contribution in [1.29, 1.82) is 0 Å². The zero-order chi connectivity index (χ0) is 19.2. The van der Waals surface area contributed by atoms with E-state index in [1.54, 1.807) is 6.07 Å². The molecule has 11 heteroatoms. The molecule has 0 aromatic carbocycles. The standard InChI is InChI=1S/C15H23ClN4O4S2/c1-2-3-6-17-15(22)18-13(21)11-19-7-9-20(10-8-19)26(23,24)14-5-4-12(16)25-14/h4-5H,2-3,6-11H2,1H3,(H2,17,18,21,22)/p+1. The summed E-state index contributed by atoms with van der Waals surface area (Å²) in [6, 6.07) is 2.58. The smallest absolute Gasteiger partial charge is 0.321 e. The molecule has 0 atom stereocenters. The summed E-state index contributed by atoms with van der Waals surface area (Å²) < 4.78 is 27.1. The number of amides is 3. The Hall–Kier alpha value is -1.20. The van der Waals surface area contributed by atoms with E-state index in [0.29, 0.717) is 37.1 Å². The fourth-order valence-electron chi connectivity index (χ4n) is 2.60. The van der Waals surface area contributed by atoms with Crippen molar-refractivity contribution in [3.8, 4) is 0 Å². The summed E-state index contributed by atoms with van der Waals surface area (Å²) in [5, 5.41) is 4.92. The minimum atomic E-state index is -3.54. The number of nitrogens with zero attached hydrogens (tertiary/aromatic N) is 1. The van der Waals surface area contributed by atoms with Gasteiger partial charge in [0.05, 0.1) is 30.5 Å². The monoisotopic (exact) mass is 423 g/mol. The number of hydrogen-bond acceptors (Lipinski definition) is 5. The molecular weight excluding hydrogens is 400 g/mol. The van der Waals surface area contributed by atoms with E-state index in [2.05, 4.69) is 10.6 Å². The number of quaternary nitrogens is 1. The summed E-state index contributed by atoms with van der Waals surface area (Å²) >= 11 is 6.86. The Balaban J connectivity index is 1.77. The molecule has 1 aromatic rings. The first kappa shape index (κ1) is 21.1. The lowest BCUT2D eigenvalue weighted by atomic mass is 10.3. The van der Waals surface area contributed by atoms with Crippen LogP contribution in [0.3, 0.4) is 0 Å². The van der Waals surface area contributed by atoms with Gasteiger partial charge in [-0.1, -0.05) is 24.9 Å². The summed E-state index contributed by atoms with van der Waals surface area (Å²) in [6.07, 6.45) is 1.82. The van der Waals surface area contributed by atoms with E-state index in [1.165, 1.54) is 10.4 Å². The van der Waals surface area contributed by atoms with Crippen LogP contribution in [-0.4, -0.2) is 63.9 Å². The van der Waals surface area contributed by atoms with Crippen molar-refractivity contribution in [2.45, 2.75) is 24.0 Å². The van der Waals surface area contributed by atoms with E-state index in [4.69, 9.17) is 11.6 Å². The number of thiophene rings is 1. The van der Waals surface area contributed by atoms with Crippen molar-refractivity contribution in [3.05, 3.63) is 16.5 Å². The number of imide groups is 1. The number of unbranched alkanes of at least 4 members (excludes halogenated alkanes) is 1. The van der Waals surface area contributed by atoms with Crippen LogP contribution in [0.15, 0.2) is 16.3 Å². The maximum atomic E-state index is 12.5. The first-order chi connectivity index (χ1) is 12.3. The van der Waals surface area contributed by atoms with Gasteiger partial charge in [-0.3, -0.25) is 10.1 Å². The highest BCUT2D eigenvalue weighted by Gasteiger charge is 2.32. The van der Waals surface area contributed by atoms with Gasteiger partial charge in [-0.05, 0) is 18.6 Å². The molecule has 0 aliphatic carbocycles. The molecule has 3 N–H and O–H groups in total. The van der Waals surface area contributed by atoms with Crippen LogP contribution in [0.25, 0.3) is 0 Å². The third-order valence-electron chi connectivity index (χ3n) is 4.05. The second-order valence-electron chi connectivity index (χ2n) is 6.05. The Morgan fingerprint density at radius 3 is 2.58 bits per heavy atom. The second kappa shape index (κ2) is 9.65. The van der Waals surface area contributed by atoms with Crippen LogP contribution in [0.2, 0.25) is 4.34 Å². The van der Waals surface area contributed by atoms with Crippen LogP contribution in [0.1, 0.15) is 19.8 Å². The summed E-state index contributed by atoms with van der Waals surface area (Å²) in [5.41, 5.74) is 0. The minimum absolute atomic E-state index is 0.139. The lowest BCUT2D eigenvalue weighted by Gasteiger charge is -2.30.